The minimum atomic E-state index is -1.16. The van der Waals surface area contributed by atoms with Crippen molar-refractivity contribution < 1.29 is 19.5 Å². The Labute approximate surface area is 131 Å². The fourth-order valence-electron chi connectivity index (χ4n) is 1.95. The van der Waals surface area contributed by atoms with Gasteiger partial charge in [-0.15, -0.1) is 0 Å². The fraction of sp³-hybridized carbons (Fsp3) is 0.133. The van der Waals surface area contributed by atoms with Crippen molar-refractivity contribution in [2.75, 3.05) is 5.32 Å². The molecule has 0 aliphatic rings. The van der Waals surface area contributed by atoms with Crippen molar-refractivity contribution in [3.05, 3.63) is 52.8 Å². The maximum atomic E-state index is 11.9. The number of nitrogens with zero attached hydrogens (tertiary/aromatic N) is 1. The van der Waals surface area contributed by atoms with E-state index in [1.165, 1.54) is 18.2 Å². The number of halogens is 1. The van der Waals surface area contributed by atoms with E-state index in [4.69, 9.17) is 16.7 Å². The number of nitrogens with one attached hydrogen (secondary N) is 1. The number of anilines is 1. The van der Waals surface area contributed by atoms with Crippen LogP contribution in [0.25, 0.3) is 0 Å². The van der Waals surface area contributed by atoms with Crippen molar-refractivity contribution in [3.63, 3.8) is 0 Å². The summed E-state index contributed by atoms with van der Waals surface area (Å²) in [7, 11) is 0. The van der Waals surface area contributed by atoms with Gasteiger partial charge in [0.2, 0.25) is 5.91 Å². The molecule has 0 saturated heterocycles. The summed E-state index contributed by atoms with van der Waals surface area (Å²) >= 11 is 5.76. The van der Waals surface area contributed by atoms with E-state index < -0.39 is 5.97 Å². The smallest absolute Gasteiger partial charge is 0.337 e. The minimum absolute atomic E-state index is 0.0758. The first-order valence-electron chi connectivity index (χ1n) is 6.44. The van der Waals surface area contributed by atoms with E-state index >= 15 is 0 Å². The maximum absolute atomic E-state index is 11.9. The highest BCUT2D eigenvalue weighted by atomic mass is 35.5. The molecule has 0 aliphatic heterocycles. The summed E-state index contributed by atoms with van der Waals surface area (Å²) < 4.78 is 1.66. The molecule has 114 valence electrons. The molecule has 2 aromatic rings. The standard InChI is InChI=1S/C15H13ClN2O4/c16-13-4-3-10(8-12(13)15(21)22)17-14(20)5-7-18-6-1-2-11(18)9-19/h1-4,6,8-9H,5,7H2,(H,17,20)(H,21,22). The zero-order valence-corrected chi connectivity index (χ0v) is 12.2. The minimum Gasteiger partial charge on any atom is -0.478 e. The van der Waals surface area contributed by atoms with E-state index in [0.29, 0.717) is 17.9 Å². The third kappa shape index (κ3) is 3.73. The molecule has 0 saturated carbocycles. The van der Waals surface area contributed by atoms with Crippen molar-refractivity contribution in [2.45, 2.75) is 13.0 Å². The van der Waals surface area contributed by atoms with Gasteiger partial charge in [0.15, 0.2) is 6.29 Å². The van der Waals surface area contributed by atoms with Crippen LogP contribution in [-0.2, 0) is 11.3 Å². The Kier molecular flexibility index (Phi) is 4.95. The van der Waals surface area contributed by atoms with Gasteiger partial charge in [0.25, 0.3) is 0 Å². The molecule has 6 nitrogen and oxygen atoms in total. The summed E-state index contributed by atoms with van der Waals surface area (Å²) in [4.78, 5) is 33.6. The lowest BCUT2D eigenvalue weighted by atomic mass is 10.2. The zero-order chi connectivity index (χ0) is 16.1. The molecule has 1 aromatic carbocycles. The SMILES string of the molecule is O=Cc1cccn1CCC(=O)Nc1ccc(Cl)c(C(=O)O)c1. The van der Waals surface area contributed by atoms with Gasteiger partial charge < -0.3 is 15.0 Å². The number of benzene rings is 1. The second kappa shape index (κ2) is 6.91. The Morgan fingerprint density at radius 1 is 1.32 bits per heavy atom. The Morgan fingerprint density at radius 3 is 2.77 bits per heavy atom. The van der Waals surface area contributed by atoms with E-state index in [1.54, 1.807) is 22.9 Å². The molecular formula is C15H13ClN2O4. The van der Waals surface area contributed by atoms with E-state index in [0.717, 1.165) is 6.29 Å². The normalized spacial score (nSPS) is 10.2. The monoisotopic (exact) mass is 320 g/mol. The molecule has 2 rings (SSSR count). The number of carbonyl (C=O) groups excluding carboxylic acids is 2. The van der Waals surface area contributed by atoms with Crippen LogP contribution in [0.15, 0.2) is 36.5 Å². The Morgan fingerprint density at radius 2 is 2.09 bits per heavy atom. The van der Waals surface area contributed by atoms with Crippen molar-refractivity contribution >= 4 is 35.5 Å². The molecule has 0 radical (unpaired) electrons. The number of hydrogen-bond acceptors (Lipinski definition) is 3. The number of aromatic nitrogens is 1. The molecule has 0 spiro atoms. The van der Waals surface area contributed by atoms with Crippen LogP contribution in [0, 0.1) is 0 Å². The van der Waals surface area contributed by atoms with Crippen molar-refractivity contribution in [2.24, 2.45) is 0 Å². The van der Waals surface area contributed by atoms with Crippen LogP contribution in [0.5, 0.6) is 0 Å². The van der Waals surface area contributed by atoms with Crippen LogP contribution < -0.4 is 5.32 Å². The summed E-state index contributed by atoms with van der Waals surface area (Å²) in [6.07, 6.45) is 2.58. The Hall–Kier alpha value is -2.60. The maximum Gasteiger partial charge on any atom is 0.337 e. The van der Waals surface area contributed by atoms with Gasteiger partial charge >= 0.3 is 5.97 Å². The lowest BCUT2D eigenvalue weighted by Gasteiger charge is -2.08. The predicted molar refractivity (Wildman–Crippen MR) is 81.5 cm³/mol. The third-order valence-electron chi connectivity index (χ3n) is 3.05. The first kappa shape index (κ1) is 15.8. The Bertz CT molecular complexity index is 724. The number of carboxylic acid groups (broad SMARTS) is 1. The van der Waals surface area contributed by atoms with Crippen LogP contribution in [0.2, 0.25) is 5.02 Å². The van der Waals surface area contributed by atoms with Crippen LogP contribution in [0.3, 0.4) is 0 Å². The van der Waals surface area contributed by atoms with E-state index in [-0.39, 0.29) is 22.9 Å². The summed E-state index contributed by atoms with van der Waals surface area (Å²) in [5.74, 6) is -1.45. The number of carboxylic acids is 1. The second-order valence-corrected chi connectivity index (χ2v) is 4.95. The van der Waals surface area contributed by atoms with E-state index in [9.17, 15) is 14.4 Å². The topological polar surface area (TPSA) is 88.4 Å². The molecule has 22 heavy (non-hydrogen) atoms. The van der Waals surface area contributed by atoms with Crippen LogP contribution in [0.4, 0.5) is 5.69 Å². The largest absolute Gasteiger partial charge is 0.478 e. The fourth-order valence-corrected chi connectivity index (χ4v) is 2.15. The lowest BCUT2D eigenvalue weighted by molar-refractivity contribution is -0.116. The summed E-state index contributed by atoms with van der Waals surface area (Å²) in [6, 6.07) is 7.62. The van der Waals surface area contributed by atoms with Gasteiger partial charge in [-0.05, 0) is 30.3 Å². The van der Waals surface area contributed by atoms with E-state index in [1.807, 2.05) is 0 Å². The van der Waals surface area contributed by atoms with Gasteiger partial charge in [0.1, 0.15) is 0 Å². The average Bonchev–Trinajstić information content (AvgIpc) is 2.94. The van der Waals surface area contributed by atoms with E-state index in [2.05, 4.69) is 5.32 Å². The number of carbonyl (C=O) groups is 3. The first-order valence-corrected chi connectivity index (χ1v) is 6.82. The lowest BCUT2D eigenvalue weighted by Crippen LogP contribution is -2.15. The number of hydrogen-bond donors (Lipinski definition) is 2. The molecule has 1 amide bonds. The molecule has 7 heteroatoms. The second-order valence-electron chi connectivity index (χ2n) is 4.54. The summed E-state index contributed by atoms with van der Waals surface area (Å²) in [6.45, 7) is 0.353. The molecule has 0 atom stereocenters. The average molecular weight is 321 g/mol. The van der Waals surface area contributed by atoms with Gasteiger partial charge in [-0.25, -0.2) is 4.79 Å². The quantitative estimate of drug-likeness (QED) is 0.801. The van der Waals surface area contributed by atoms with Gasteiger partial charge in [-0.3, -0.25) is 9.59 Å². The van der Waals surface area contributed by atoms with Gasteiger partial charge in [-0.2, -0.15) is 0 Å². The van der Waals surface area contributed by atoms with Crippen LogP contribution in [0.1, 0.15) is 27.3 Å². The van der Waals surface area contributed by atoms with Crippen molar-refractivity contribution in [1.82, 2.24) is 4.57 Å². The molecule has 0 fully saturated rings. The summed E-state index contributed by atoms with van der Waals surface area (Å²) in [5, 5.41) is 11.7. The molecule has 0 bridgehead atoms. The van der Waals surface area contributed by atoms with Crippen LogP contribution in [-0.4, -0.2) is 27.8 Å². The number of aryl methyl sites for hydroxylation is 1. The highest BCUT2D eigenvalue weighted by Gasteiger charge is 2.11. The Balaban J connectivity index is 1.99. The molecule has 1 aromatic heterocycles. The van der Waals surface area contributed by atoms with Crippen molar-refractivity contribution in [3.8, 4) is 0 Å². The van der Waals surface area contributed by atoms with Crippen molar-refractivity contribution in [1.29, 1.82) is 0 Å². The molecule has 1 heterocycles. The molecular weight excluding hydrogens is 308 g/mol. The predicted octanol–water partition coefficient (Wildman–Crippen LogP) is 2.68. The number of aldehydes is 1. The van der Waals surface area contributed by atoms with Gasteiger partial charge in [-0.1, -0.05) is 11.6 Å². The number of rotatable bonds is 6. The zero-order valence-electron chi connectivity index (χ0n) is 11.5. The first-order chi connectivity index (χ1) is 10.5. The third-order valence-corrected chi connectivity index (χ3v) is 3.38. The highest BCUT2D eigenvalue weighted by molar-refractivity contribution is 6.33. The number of aromatic carboxylic acids is 1. The molecule has 0 unspecified atom stereocenters. The van der Waals surface area contributed by atoms with Gasteiger partial charge in [0.05, 0.1) is 16.3 Å². The molecule has 0 aliphatic carbocycles. The summed E-state index contributed by atoms with van der Waals surface area (Å²) in [5.41, 5.74) is 0.774. The van der Waals surface area contributed by atoms with Crippen LogP contribution >= 0.6 is 11.6 Å². The number of amides is 1. The van der Waals surface area contributed by atoms with Gasteiger partial charge in [0, 0.05) is 24.8 Å². The highest BCUT2D eigenvalue weighted by Crippen LogP contribution is 2.20. The molecule has 2 N–H and O–H groups in total.